The average Bonchev–Trinajstić information content (AvgIpc) is 3.51. The van der Waals surface area contributed by atoms with Crippen LogP contribution in [0.5, 0.6) is 0 Å². The normalized spacial score (nSPS) is 11.8. The number of halogens is 1. The first-order chi connectivity index (χ1) is 18.7. The number of pyridine rings is 2. The van der Waals surface area contributed by atoms with E-state index in [1.165, 1.54) is 12.1 Å². The Bertz CT molecular complexity index is 1850. The van der Waals surface area contributed by atoms with E-state index in [1.807, 2.05) is 57.2 Å². The van der Waals surface area contributed by atoms with Crippen LogP contribution in [0.3, 0.4) is 0 Å². The van der Waals surface area contributed by atoms with Gasteiger partial charge in [0.25, 0.3) is 0 Å². The summed E-state index contributed by atoms with van der Waals surface area (Å²) < 4.78 is 13.9. The Kier molecular flexibility index (Phi) is 5.91. The molecule has 0 spiro atoms. The number of carbonyl (C=O) groups excluding carboxylic acids is 1. The Morgan fingerprint density at radius 1 is 0.974 bits per heavy atom. The van der Waals surface area contributed by atoms with E-state index in [2.05, 4.69) is 30.5 Å². The van der Waals surface area contributed by atoms with Gasteiger partial charge in [0.1, 0.15) is 11.5 Å². The van der Waals surface area contributed by atoms with E-state index in [0.717, 1.165) is 38.7 Å². The summed E-state index contributed by atoms with van der Waals surface area (Å²) in [5.41, 5.74) is 6.47. The Balaban J connectivity index is 1.37. The number of fused-ring (bicyclic) bond motifs is 2. The Morgan fingerprint density at radius 3 is 2.62 bits per heavy atom. The van der Waals surface area contributed by atoms with E-state index in [-0.39, 0.29) is 17.1 Å². The topological polar surface area (TPSA) is 112 Å². The first-order valence-electron chi connectivity index (χ1n) is 12.6. The first-order valence-corrected chi connectivity index (χ1v) is 12.6. The summed E-state index contributed by atoms with van der Waals surface area (Å²) in [6.07, 6.45) is 5.50. The predicted octanol–water partition coefficient (Wildman–Crippen LogP) is 6.74. The summed E-state index contributed by atoms with van der Waals surface area (Å²) in [5, 5.41) is 11.2. The second-order valence-corrected chi connectivity index (χ2v) is 10.7. The highest BCUT2D eigenvalue weighted by Crippen LogP contribution is 2.33. The number of amides is 1. The van der Waals surface area contributed by atoms with Gasteiger partial charge in [-0.15, -0.1) is 0 Å². The lowest BCUT2D eigenvalue weighted by atomic mass is 9.92. The van der Waals surface area contributed by atoms with Crippen molar-refractivity contribution in [1.29, 1.82) is 0 Å². The molecule has 8 nitrogen and oxygen atoms in total. The number of carbonyl (C=O) groups is 1. The van der Waals surface area contributed by atoms with Crippen molar-refractivity contribution >= 4 is 33.7 Å². The Labute approximate surface area is 223 Å². The zero-order chi connectivity index (χ0) is 27.1. The van der Waals surface area contributed by atoms with Gasteiger partial charge in [0.05, 0.1) is 28.3 Å². The number of para-hydroxylation sites is 1. The Morgan fingerprint density at radius 2 is 1.79 bits per heavy atom. The first kappa shape index (κ1) is 24.4. The molecule has 1 amide bonds. The van der Waals surface area contributed by atoms with E-state index in [1.54, 1.807) is 24.7 Å². The SMILES string of the molecule is CC(C)(C)CC(=O)Nc1cncc(-c2cnc3[nH]nc(-c4nc5c(-c6cccc(F)c6)cccc5[nH]4)c3c2)c1. The number of hydrogen-bond acceptors (Lipinski definition) is 5. The molecule has 2 aromatic carbocycles. The number of aromatic nitrogens is 6. The van der Waals surface area contributed by atoms with E-state index >= 15 is 0 Å². The molecular weight excluding hydrogens is 493 g/mol. The van der Waals surface area contributed by atoms with Gasteiger partial charge in [0, 0.05) is 35.5 Å². The molecule has 0 fully saturated rings. The standard InChI is InChI=1S/C30H26FN7O/c1-30(2,3)13-25(39)34-21-11-18(14-32-16-21)19-12-23-27(37-38-28(23)33-15-19)29-35-24-9-5-8-22(26(24)36-29)17-6-4-7-20(31)10-17/h4-12,14-16H,13H2,1-3H3,(H,34,39)(H,35,36)(H,33,37,38). The third-order valence-corrected chi connectivity index (χ3v) is 6.34. The fourth-order valence-electron chi connectivity index (χ4n) is 4.63. The summed E-state index contributed by atoms with van der Waals surface area (Å²) in [4.78, 5) is 29.5. The third kappa shape index (κ3) is 4.98. The molecule has 0 atom stereocenters. The predicted molar refractivity (Wildman–Crippen MR) is 150 cm³/mol. The summed E-state index contributed by atoms with van der Waals surface area (Å²) in [6, 6.07) is 16.1. The largest absolute Gasteiger partial charge is 0.337 e. The molecular formula is C30H26FN7O. The molecule has 6 rings (SSSR count). The molecule has 6 aromatic rings. The zero-order valence-corrected chi connectivity index (χ0v) is 21.7. The van der Waals surface area contributed by atoms with Crippen molar-refractivity contribution in [2.75, 3.05) is 5.32 Å². The van der Waals surface area contributed by atoms with E-state index in [0.29, 0.717) is 29.3 Å². The van der Waals surface area contributed by atoms with E-state index < -0.39 is 0 Å². The number of aromatic amines is 2. The average molecular weight is 520 g/mol. The highest BCUT2D eigenvalue weighted by molar-refractivity contribution is 5.97. The monoisotopic (exact) mass is 519 g/mol. The van der Waals surface area contributed by atoms with Crippen LogP contribution in [0.4, 0.5) is 10.1 Å². The van der Waals surface area contributed by atoms with Gasteiger partial charge in [-0.1, -0.05) is 45.0 Å². The number of benzene rings is 2. The lowest BCUT2D eigenvalue weighted by molar-refractivity contribution is -0.117. The highest BCUT2D eigenvalue weighted by Gasteiger charge is 2.18. The minimum absolute atomic E-state index is 0.0605. The smallest absolute Gasteiger partial charge is 0.224 e. The molecule has 0 saturated heterocycles. The number of nitrogens with zero attached hydrogens (tertiary/aromatic N) is 4. The number of hydrogen-bond donors (Lipinski definition) is 3. The number of nitrogens with one attached hydrogen (secondary N) is 3. The molecule has 3 N–H and O–H groups in total. The maximum absolute atomic E-state index is 13.9. The van der Waals surface area contributed by atoms with Crippen molar-refractivity contribution in [3.63, 3.8) is 0 Å². The molecule has 0 aliphatic carbocycles. The van der Waals surface area contributed by atoms with Gasteiger partial charge in [0.2, 0.25) is 5.91 Å². The lowest BCUT2D eigenvalue weighted by Gasteiger charge is -2.17. The molecule has 0 radical (unpaired) electrons. The van der Waals surface area contributed by atoms with Crippen molar-refractivity contribution in [2.45, 2.75) is 27.2 Å². The van der Waals surface area contributed by atoms with Crippen LogP contribution >= 0.6 is 0 Å². The van der Waals surface area contributed by atoms with Crippen LogP contribution in [-0.4, -0.2) is 36.0 Å². The summed E-state index contributed by atoms with van der Waals surface area (Å²) >= 11 is 0. The summed E-state index contributed by atoms with van der Waals surface area (Å²) in [5.74, 6) is 0.208. The molecule has 0 unspecified atom stereocenters. The van der Waals surface area contributed by atoms with Gasteiger partial charge >= 0.3 is 0 Å². The molecule has 4 aromatic heterocycles. The van der Waals surface area contributed by atoms with Crippen LogP contribution in [0, 0.1) is 11.2 Å². The Hall–Kier alpha value is -4.92. The molecule has 9 heteroatoms. The zero-order valence-electron chi connectivity index (χ0n) is 21.7. The minimum Gasteiger partial charge on any atom is -0.337 e. The number of anilines is 1. The van der Waals surface area contributed by atoms with Gasteiger partial charge in [-0.3, -0.25) is 14.9 Å². The maximum atomic E-state index is 13.9. The van der Waals surface area contributed by atoms with Crippen LogP contribution < -0.4 is 5.32 Å². The van der Waals surface area contributed by atoms with Crippen LogP contribution in [0.15, 0.2) is 73.2 Å². The molecule has 0 saturated carbocycles. The fraction of sp³-hybridized carbons (Fsp3) is 0.167. The molecule has 0 bridgehead atoms. The van der Waals surface area contributed by atoms with E-state index in [4.69, 9.17) is 4.98 Å². The second kappa shape index (κ2) is 9.43. The van der Waals surface area contributed by atoms with Gasteiger partial charge in [0.15, 0.2) is 11.5 Å². The molecule has 194 valence electrons. The van der Waals surface area contributed by atoms with E-state index in [9.17, 15) is 9.18 Å². The van der Waals surface area contributed by atoms with Gasteiger partial charge < -0.3 is 10.3 Å². The van der Waals surface area contributed by atoms with Gasteiger partial charge in [-0.25, -0.2) is 14.4 Å². The fourth-order valence-corrected chi connectivity index (χ4v) is 4.63. The molecule has 0 aliphatic rings. The van der Waals surface area contributed by atoms with Crippen LogP contribution in [-0.2, 0) is 4.79 Å². The summed E-state index contributed by atoms with van der Waals surface area (Å²) in [7, 11) is 0. The lowest BCUT2D eigenvalue weighted by Crippen LogP contribution is -2.19. The van der Waals surface area contributed by atoms with Crippen LogP contribution in [0.25, 0.3) is 55.8 Å². The van der Waals surface area contributed by atoms with Crippen molar-refractivity contribution in [3.8, 4) is 33.8 Å². The number of H-pyrrole nitrogens is 2. The van der Waals surface area contributed by atoms with Crippen LogP contribution in [0.2, 0.25) is 0 Å². The molecule has 0 aliphatic heterocycles. The van der Waals surface area contributed by atoms with Gasteiger partial charge in [-0.2, -0.15) is 5.10 Å². The van der Waals surface area contributed by atoms with Crippen molar-refractivity contribution < 1.29 is 9.18 Å². The van der Waals surface area contributed by atoms with Crippen molar-refractivity contribution in [2.24, 2.45) is 5.41 Å². The van der Waals surface area contributed by atoms with Crippen molar-refractivity contribution in [1.82, 2.24) is 30.1 Å². The molecule has 39 heavy (non-hydrogen) atoms. The minimum atomic E-state index is -0.301. The maximum Gasteiger partial charge on any atom is 0.224 e. The molecule has 4 heterocycles. The second-order valence-electron chi connectivity index (χ2n) is 10.7. The highest BCUT2D eigenvalue weighted by atomic mass is 19.1. The van der Waals surface area contributed by atoms with Gasteiger partial charge in [-0.05, 0) is 41.3 Å². The summed E-state index contributed by atoms with van der Waals surface area (Å²) in [6.45, 7) is 6.07. The van der Waals surface area contributed by atoms with Crippen LogP contribution in [0.1, 0.15) is 27.2 Å². The number of imidazole rings is 1. The quantitative estimate of drug-likeness (QED) is 0.233. The van der Waals surface area contributed by atoms with Crippen molar-refractivity contribution in [3.05, 3.63) is 79.0 Å². The number of rotatable bonds is 5. The third-order valence-electron chi connectivity index (χ3n) is 6.34.